The monoisotopic (exact) mass is 100 g/mol. The Labute approximate surface area is 42.4 Å². The summed E-state index contributed by atoms with van der Waals surface area (Å²) in [7, 11) is 0. The van der Waals surface area contributed by atoms with Crippen LogP contribution in [0.3, 0.4) is 0 Å². The second-order valence-corrected chi connectivity index (χ2v) is 1.03. The molecule has 0 aliphatic rings. The van der Waals surface area contributed by atoms with Crippen molar-refractivity contribution in [2.45, 2.75) is 6.92 Å². The average molecular weight is 100 g/mol. The van der Waals surface area contributed by atoms with E-state index in [1.54, 1.807) is 0 Å². The Morgan fingerprint density at radius 2 is 2.43 bits per heavy atom. The quantitative estimate of drug-likeness (QED) is 0.471. The van der Waals surface area contributed by atoms with Gasteiger partial charge in [0.2, 0.25) is 5.91 Å². The van der Waals surface area contributed by atoms with E-state index in [0.29, 0.717) is 0 Å². The van der Waals surface area contributed by atoms with Crippen LogP contribution in [-0.2, 0) is 4.79 Å². The van der Waals surface area contributed by atoms with Crippen molar-refractivity contribution in [2.75, 3.05) is 0 Å². The molecule has 0 rings (SSSR count). The molecule has 3 nitrogen and oxygen atoms in total. The molecule has 0 radical (unpaired) electrons. The van der Waals surface area contributed by atoms with Gasteiger partial charge in [0.15, 0.2) is 0 Å². The molecule has 1 amide bonds. The van der Waals surface area contributed by atoms with Crippen molar-refractivity contribution in [2.24, 2.45) is 0 Å². The average Bonchev–Trinajstić information content (AvgIpc) is 1.61. The summed E-state index contributed by atoms with van der Waals surface area (Å²) in [5, 5.41) is 0. The summed E-state index contributed by atoms with van der Waals surface area (Å²) < 4.78 is 0. The first-order chi connectivity index (χ1) is 3.27. The van der Waals surface area contributed by atoms with Gasteiger partial charge in [0.1, 0.15) is 0 Å². The molecule has 0 aliphatic carbocycles. The zero-order valence-electron chi connectivity index (χ0n) is 4.19. The molecule has 0 aromatic rings. The van der Waals surface area contributed by atoms with Gasteiger partial charge in [0.05, 0.1) is 0 Å². The summed E-state index contributed by atoms with van der Waals surface area (Å²) in [6.07, 6.45) is 1.39. The highest BCUT2D eigenvalue weighted by molar-refractivity contribution is 5.72. The molecule has 40 valence electrons. The normalized spacial score (nSPS) is 7.00. The van der Waals surface area contributed by atoms with Gasteiger partial charge in [-0.25, -0.2) is 0 Å². The van der Waals surface area contributed by atoms with Crippen LogP contribution >= 0.6 is 0 Å². The Morgan fingerprint density at radius 1 is 1.86 bits per heavy atom. The van der Waals surface area contributed by atoms with E-state index in [1.165, 1.54) is 13.1 Å². The highest BCUT2D eigenvalue weighted by Crippen LogP contribution is 1.50. The van der Waals surface area contributed by atoms with E-state index in [2.05, 4.69) is 17.4 Å². The zero-order chi connectivity index (χ0) is 5.70. The van der Waals surface area contributed by atoms with Crippen LogP contribution in [0.15, 0.2) is 12.8 Å². The fourth-order valence-electron chi connectivity index (χ4n) is 0.153. The van der Waals surface area contributed by atoms with Crippen LogP contribution in [0, 0.1) is 0 Å². The van der Waals surface area contributed by atoms with Crippen molar-refractivity contribution in [3.8, 4) is 0 Å². The molecule has 0 saturated carbocycles. The van der Waals surface area contributed by atoms with Gasteiger partial charge >= 0.3 is 0 Å². The molecule has 0 aliphatic heterocycles. The topological polar surface area (TPSA) is 41.1 Å². The van der Waals surface area contributed by atoms with E-state index in [0.717, 1.165) is 0 Å². The fraction of sp³-hybridized carbons (Fsp3) is 0.250. The first-order valence-corrected chi connectivity index (χ1v) is 1.90. The molecule has 0 spiro atoms. The molecular weight excluding hydrogens is 92.1 g/mol. The third-order valence-corrected chi connectivity index (χ3v) is 0.350. The van der Waals surface area contributed by atoms with Gasteiger partial charge in [0.25, 0.3) is 0 Å². The minimum atomic E-state index is -0.125. The number of nitrogens with one attached hydrogen (secondary N) is 2. The van der Waals surface area contributed by atoms with Crippen molar-refractivity contribution in [1.82, 2.24) is 10.9 Å². The van der Waals surface area contributed by atoms with Gasteiger partial charge in [0, 0.05) is 13.1 Å². The zero-order valence-corrected chi connectivity index (χ0v) is 4.19. The molecule has 0 bridgehead atoms. The van der Waals surface area contributed by atoms with Gasteiger partial charge < -0.3 is 5.43 Å². The SMILES string of the molecule is C=CNNC(C)=O. The van der Waals surface area contributed by atoms with Crippen molar-refractivity contribution >= 4 is 5.91 Å². The van der Waals surface area contributed by atoms with E-state index in [9.17, 15) is 4.79 Å². The minimum Gasteiger partial charge on any atom is -0.307 e. The molecule has 0 fully saturated rings. The van der Waals surface area contributed by atoms with E-state index < -0.39 is 0 Å². The summed E-state index contributed by atoms with van der Waals surface area (Å²) >= 11 is 0. The predicted molar refractivity (Wildman–Crippen MR) is 27.1 cm³/mol. The van der Waals surface area contributed by atoms with E-state index in [4.69, 9.17) is 0 Å². The van der Waals surface area contributed by atoms with Crippen LogP contribution in [0.4, 0.5) is 0 Å². The predicted octanol–water partition coefficient (Wildman–Crippen LogP) is -0.229. The van der Waals surface area contributed by atoms with E-state index in [-0.39, 0.29) is 5.91 Å². The Balaban J connectivity index is 2.97. The lowest BCUT2D eigenvalue weighted by Crippen LogP contribution is -2.30. The number of rotatable bonds is 2. The minimum absolute atomic E-state index is 0.125. The van der Waals surface area contributed by atoms with Crippen LogP contribution in [0.5, 0.6) is 0 Å². The van der Waals surface area contributed by atoms with Crippen molar-refractivity contribution < 1.29 is 4.79 Å². The lowest BCUT2D eigenvalue weighted by Gasteiger charge is -1.95. The number of carbonyl (C=O) groups excluding carboxylic acids is 1. The lowest BCUT2D eigenvalue weighted by molar-refractivity contribution is -0.119. The molecule has 0 saturated heterocycles. The summed E-state index contributed by atoms with van der Waals surface area (Å²) in [4.78, 5) is 9.98. The lowest BCUT2D eigenvalue weighted by atomic mass is 10.8. The number of hydrogen-bond donors (Lipinski definition) is 2. The van der Waals surface area contributed by atoms with Crippen LogP contribution in [0.2, 0.25) is 0 Å². The highest BCUT2D eigenvalue weighted by atomic mass is 16.2. The number of hydrazine groups is 1. The Kier molecular flexibility index (Phi) is 2.76. The van der Waals surface area contributed by atoms with Gasteiger partial charge in [-0.05, 0) is 0 Å². The van der Waals surface area contributed by atoms with Crippen LogP contribution in [0.25, 0.3) is 0 Å². The van der Waals surface area contributed by atoms with E-state index in [1.807, 2.05) is 0 Å². The largest absolute Gasteiger partial charge is 0.307 e. The summed E-state index contributed by atoms with van der Waals surface area (Å²) in [5.41, 5.74) is 4.70. The van der Waals surface area contributed by atoms with Gasteiger partial charge in [-0.15, -0.1) is 0 Å². The fourth-order valence-corrected chi connectivity index (χ4v) is 0.153. The second-order valence-electron chi connectivity index (χ2n) is 1.03. The first-order valence-electron chi connectivity index (χ1n) is 1.90. The third kappa shape index (κ3) is 5.01. The molecule has 0 heterocycles. The maximum atomic E-state index is 9.98. The Bertz CT molecular complexity index is 79.8. The second kappa shape index (κ2) is 3.21. The molecule has 0 aromatic heterocycles. The molecule has 0 aromatic carbocycles. The van der Waals surface area contributed by atoms with Crippen molar-refractivity contribution in [3.63, 3.8) is 0 Å². The smallest absolute Gasteiger partial charge is 0.235 e. The van der Waals surface area contributed by atoms with Crippen LogP contribution < -0.4 is 10.9 Å². The first kappa shape index (κ1) is 6.01. The maximum absolute atomic E-state index is 9.98. The van der Waals surface area contributed by atoms with Gasteiger partial charge in [-0.2, -0.15) is 0 Å². The van der Waals surface area contributed by atoms with Crippen molar-refractivity contribution in [3.05, 3.63) is 12.8 Å². The standard InChI is InChI=1S/C4H8N2O/c1-3-5-6-4(2)7/h3,5H,1H2,2H3,(H,6,7). The number of carbonyl (C=O) groups is 1. The Hall–Kier alpha value is -0.990. The molecule has 2 N–H and O–H groups in total. The molecule has 0 atom stereocenters. The number of amides is 1. The van der Waals surface area contributed by atoms with Crippen LogP contribution in [-0.4, -0.2) is 5.91 Å². The summed E-state index contributed by atoms with van der Waals surface area (Å²) in [6, 6.07) is 0. The Morgan fingerprint density at radius 3 is 2.57 bits per heavy atom. The van der Waals surface area contributed by atoms with E-state index >= 15 is 0 Å². The number of hydrogen-bond acceptors (Lipinski definition) is 2. The summed E-state index contributed by atoms with van der Waals surface area (Å²) in [5.74, 6) is -0.125. The molecule has 7 heavy (non-hydrogen) atoms. The molecule has 3 heteroatoms. The molecular formula is C4H8N2O. The molecule has 0 unspecified atom stereocenters. The summed E-state index contributed by atoms with van der Waals surface area (Å²) in [6.45, 7) is 4.72. The van der Waals surface area contributed by atoms with Gasteiger partial charge in [-0.3, -0.25) is 10.2 Å². The maximum Gasteiger partial charge on any atom is 0.235 e. The van der Waals surface area contributed by atoms with Gasteiger partial charge in [-0.1, -0.05) is 6.58 Å². The third-order valence-electron chi connectivity index (χ3n) is 0.350. The van der Waals surface area contributed by atoms with Crippen molar-refractivity contribution in [1.29, 1.82) is 0 Å². The highest BCUT2D eigenvalue weighted by Gasteiger charge is 1.79. The van der Waals surface area contributed by atoms with Crippen LogP contribution in [0.1, 0.15) is 6.92 Å².